The molecule has 1 aliphatic rings. The molecular weight excluding hydrogens is 354 g/mol. The van der Waals surface area contributed by atoms with Crippen molar-refractivity contribution in [3.63, 3.8) is 0 Å². The molecule has 1 unspecified atom stereocenters. The standard InChI is InChI=1S/C22H25N3O3/c23-13-19(22(28)24-14-21(27)15-26)11-16-4-5-18-12-20(7-6-17(18)10-16)25-8-2-1-3-9-25/h4-7,10-12,21,26-27H,1-3,8-9,14-15H2,(H,24,28)/b19-11-. The number of rotatable bonds is 6. The number of nitriles is 1. The van der Waals surface area contributed by atoms with Crippen LogP contribution in [0.2, 0.25) is 0 Å². The summed E-state index contributed by atoms with van der Waals surface area (Å²) in [5.41, 5.74) is 1.94. The zero-order chi connectivity index (χ0) is 19.9. The minimum absolute atomic E-state index is 0.0468. The summed E-state index contributed by atoms with van der Waals surface area (Å²) in [6, 6.07) is 14.1. The number of benzene rings is 2. The van der Waals surface area contributed by atoms with E-state index >= 15 is 0 Å². The topological polar surface area (TPSA) is 96.6 Å². The molecule has 0 aromatic heterocycles. The Kier molecular flexibility index (Phi) is 6.64. The molecule has 2 aromatic carbocycles. The number of aliphatic hydroxyl groups is 2. The second kappa shape index (κ2) is 9.36. The maximum absolute atomic E-state index is 12.1. The molecule has 1 fully saturated rings. The number of hydrogen-bond acceptors (Lipinski definition) is 5. The third-order valence-electron chi connectivity index (χ3n) is 4.95. The summed E-state index contributed by atoms with van der Waals surface area (Å²) in [7, 11) is 0. The van der Waals surface area contributed by atoms with Gasteiger partial charge in [0.1, 0.15) is 11.6 Å². The summed E-state index contributed by atoms with van der Waals surface area (Å²) >= 11 is 0. The third kappa shape index (κ3) is 4.89. The lowest BCUT2D eigenvalue weighted by molar-refractivity contribution is -0.117. The molecule has 0 bridgehead atoms. The van der Waals surface area contributed by atoms with E-state index in [-0.39, 0.29) is 12.1 Å². The van der Waals surface area contributed by atoms with Crippen LogP contribution in [0.3, 0.4) is 0 Å². The fourth-order valence-corrected chi connectivity index (χ4v) is 3.38. The summed E-state index contributed by atoms with van der Waals surface area (Å²) in [6.45, 7) is 1.64. The van der Waals surface area contributed by atoms with Crippen molar-refractivity contribution in [2.45, 2.75) is 25.4 Å². The molecule has 28 heavy (non-hydrogen) atoms. The van der Waals surface area contributed by atoms with Crippen molar-refractivity contribution >= 4 is 28.4 Å². The Labute approximate surface area is 164 Å². The number of carbonyl (C=O) groups is 1. The fourth-order valence-electron chi connectivity index (χ4n) is 3.38. The maximum Gasteiger partial charge on any atom is 0.262 e. The van der Waals surface area contributed by atoms with E-state index in [0.29, 0.717) is 0 Å². The Hall–Kier alpha value is -2.88. The highest BCUT2D eigenvalue weighted by Gasteiger charge is 2.13. The molecule has 1 amide bonds. The van der Waals surface area contributed by atoms with Crippen molar-refractivity contribution in [3.05, 3.63) is 47.5 Å². The van der Waals surface area contributed by atoms with Gasteiger partial charge in [-0.1, -0.05) is 18.2 Å². The number of aliphatic hydroxyl groups excluding tert-OH is 2. The van der Waals surface area contributed by atoms with E-state index in [9.17, 15) is 15.2 Å². The van der Waals surface area contributed by atoms with Gasteiger partial charge in [-0.25, -0.2) is 0 Å². The lowest BCUT2D eigenvalue weighted by atomic mass is 10.0. The van der Waals surface area contributed by atoms with E-state index in [2.05, 4.69) is 28.4 Å². The number of nitrogens with zero attached hydrogens (tertiary/aromatic N) is 2. The summed E-state index contributed by atoms with van der Waals surface area (Å²) in [5, 5.41) is 32.0. The molecule has 146 valence electrons. The Morgan fingerprint density at radius 3 is 2.61 bits per heavy atom. The third-order valence-corrected chi connectivity index (χ3v) is 4.95. The quantitative estimate of drug-likeness (QED) is 0.528. The van der Waals surface area contributed by atoms with Crippen LogP contribution in [0.1, 0.15) is 24.8 Å². The first-order valence-corrected chi connectivity index (χ1v) is 9.58. The lowest BCUT2D eigenvalue weighted by Gasteiger charge is -2.29. The van der Waals surface area contributed by atoms with Gasteiger partial charge in [-0.2, -0.15) is 5.26 Å². The molecule has 0 aliphatic carbocycles. The normalized spacial score (nSPS) is 15.9. The minimum Gasteiger partial charge on any atom is -0.394 e. The van der Waals surface area contributed by atoms with Gasteiger partial charge < -0.3 is 20.4 Å². The summed E-state index contributed by atoms with van der Waals surface area (Å²) in [6.07, 6.45) is 4.25. The first-order chi connectivity index (χ1) is 13.6. The Bertz CT molecular complexity index is 911. The van der Waals surface area contributed by atoms with Gasteiger partial charge in [0.05, 0.1) is 12.7 Å². The predicted molar refractivity (Wildman–Crippen MR) is 110 cm³/mol. The van der Waals surface area contributed by atoms with E-state index in [1.807, 2.05) is 24.3 Å². The van der Waals surface area contributed by atoms with Crippen molar-refractivity contribution in [1.29, 1.82) is 5.26 Å². The first-order valence-electron chi connectivity index (χ1n) is 9.58. The molecule has 0 saturated carbocycles. The number of piperidine rings is 1. The van der Waals surface area contributed by atoms with Crippen molar-refractivity contribution in [2.24, 2.45) is 0 Å². The van der Waals surface area contributed by atoms with E-state index in [1.165, 1.54) is 31.0 Å². The Balaban J connectivity index is 1.78. The molecule has 3 N–H and O–H groups in total. The van der Waals surface area contributed by atoms with Crippen LogP contribution in [0, 0.1) is 11.3 Å². The van der Waals surface area contributed by atoms with E-state index in [1.54, 1.807) is 0 Å². The second-order valence-corrected chi connectivity index (χ2v) is 7.05. The number of hydrogen-bond donors (Lipinski definition) is 3. The fraction of sp³-hybridized carbons (Fsp3) is 0.364. The van der Waals surface area contributed by atoms with Crippen LogP contribution in [0.15, 0.2) is 42.0 Å². The maximum atomic E-state index is 12.1. The molecule has 2 aromatic rings. The van der Waals surface area contributed by atoms with Gasteiger partial charge in [0, 0.05) is 25.3 Å². The van der Waals surface area contributed by atoms with Crippen molar-refractivity contribution in [1.82, 2.24) is 5.32 Å². The zero-order valence-corrected chi connectivity index (χ0v) is 15.8. The van der Waals surface area contributed by atoms with Crippen LogP contribution in [0.25, 0.3) is 16.8 Å². The van der Waals surface area contributed by atoms with Crippen LogP contribution in [0.4, 0.5) is 5.69 Å². The van der Waals surface area contributed by atoms with E-state index in [0.717, 1.165) is 29.4 Å². The van der Waals surface area contributed by atoms with Crippen LogP contribution in [-0.2, 0) is 4.79 Å². The lowest BCUT2D eigenvalue weighted by Crippen LogP contribution is -2.34. The highest BCUT2D eigenvalue weighted by molar-refractivity contribution is 6.02. The van der Waals surface area contributed by atoms with Gasteiger partial charge >= 0.3 is 0 Å². The molecule has 3 rings (SSSR count). The molecule has 0 spiro atoms. The molecule has 0 radical (unpaired) electrons. The van der Waals surface area contributed by atoms with Gasteiger partial charge in [0.15, 0.2) is 0 Å². The largest absolute Gasteiger partial charge is 0.394 e. The molecule has 1 atom stereocenters. The monoisotopic (exact) mass is 379 g/mol. The van der Waals surface area contributed by atoms with Crippen LogP contribution >= 0.6 is 0 Å². The molecule has 6 heteroatoms. The number of carbonyl (C=O) groups excluding carboxylic acids is 1. The van der Waals surface area contributed by atoms with Gasteiger partial charge in [-0.15, -0.1) is 0 Å². The molecule has 1 heterocycles. The van der Waals surface area contributed by atoms with Crippen molar-refractivity contribution in [2.75, 3.05) is 31.1 Å². The van der Waals surface area contributed by atoms with Gasteiger partial charge in [0.25, 0.3) is 5.91 Å². The number of anilines is 1. The first kappa shape index (κ1) is 19.9. The van der Waals surface area contributed by atoms with Crippen LogP contribution in [0.5, 0.6) is 0 Å². The SMILES string of the molecule is N#C/C(=C/c1ccc2cc(N3CCCCC3)ccc2c1)C(=O)NCC(O)CO. The van der Waals surface area contributed by atoms with Gasteiger partial charge in [-0.05, 0) is 59.9 Å². The average molecular weight is 379 g/mol. The predicted octanol–water partition coefficient (Wildman–Crippen LogP) is 2.21. The Morgan fingerprint density at radius 2 is 1.89 bits per heavy atom. The average Bonchev–Trinajstić information content (AvgIpc) is 2.75. The highest BCUT2D eigenvalue weighted by atomic mass is 16.3. The number of amides is 1. The molecule has 1 saturated heterocycles. The van der Waals surface area contributed by atoms with Crippen LogP contribution in [-0.4, -0.2) is 48.5 Å². The van der Waals surface area contributed by atoms with Crippen LogP contribution < -0.4 is 10.2 Å². The highest BCUT2D eigenvalue weighted by Crippen LogP contribution is 2.26. The Morgan fingerprint density at radius 1 is 1.18 bits per heavy atom. The summed E-state index contributed by atoms with van der Waals surface area (Å²) in [5.74, 6) is -0.574. The van der Waals surface area contributed by atoms with E-state index < -0.39 is 18.6 Å². The van der Waals surface area contributed by atoms with Gasteiger partial charge in [-0.3, -0.25) is 4.79 Å². The van der Waals surface area contributed by atoms with Crippen molar-refractivity contribution < 1.29 is 15.0 Å². The molecule has 1 aliphatic heterocycles. The second-order valence-electron chi connectivity index (χ2n) is 7.05. The summed E-state index contributed by atoms with van der Waals surface area (Å²) in [4.78, 5) is 14.5. The zero-order valence-electron chi connectivity index (χ0n) is 15.8. The van der Waals surface area contributed by atoms with Crippen molar-refractivity contribution in [3.8, 4) is 6.07 Å². The smallest absolute Gasteiger partial charge is 0.262 e. The number of nitrogens with one attached hydrogen (secondary N) is 1. The van der Waals surface area contributed by atoms with E-state index in [4.69, 9.17) is 5.11 Å². The molecular formula is C22H25N3O3. The summed E-state index contributed by atoms with van der Waals surface area (Å²) < 4.78 is 0. The van der Waals surface area contributed by atoms with Gasteiger partial charge in [0.2, 0.25) is 0 Å². The minimum atomic E-state index is -1.04. The number of fused-ring (bicyclic) bond motifs is 1. The molecule has 6 nitrogen and oxygen atoms in total.